The zero-order valence-electron chi connectivity index (χ0n) is 9.94. The summed E-state index contributed by atoms with van der Waals surface area (Å²) >= 11 is 14.7. The molecule has 0 bridgehead atoms. The normalized spacial score (nSPS) is 14.4. The van der Waals surface area contributed by atoms with Gasteiger partial charge in [-0.1, -0.05) is 37.0 Å². The molecule has 2 heterocycles. The van der Waals surface area contributed by atoms with Gasteiger partial charge >= 0.3 is 0 Å². The smallest absolute Gasteiger partial charge is 0.148 e. The van der Waals surface area contributed by atoms with Gasteiger partial charge in [-0.2, -0.15) is 0 Å². The summed E-state index contributed by atoms with van der Waals surface area (Å²) in [6.07, 6.45) is 0. The fourth-order valence-corrected chi connectivity index (χ4v) is 4.02. The maximum atomic E-state index is 12.4. The van der Waals surface area contributed by atoms with Crippen LogP contribution in [0.1, 0.15) is 35.4 Å². The van der Waals surface area contributed by atoms with Crippen molar-refractivity contribution in [3.63, 3.8) is 0 Å². The van der Waals surface area contributed by atoms with Gasteiger partial charge in [-0.25, -0.2) is 0 Å². The van der Waals surface area contributed by atoms with Gasteiger partial charge < -0.3 is 0 Å². The van der Waals surface area contributed by atoms with Crippen LogP contribution < -0.4 is 0 Å². The molecule has 18 heavy (non-hydrogen) atoms. The number of halogens is 2. The maximum Gasteiger partial charge on any atom is 0.148 e. The van der Waals surface area contributed by atoms with E-state index in [1.807, 2.05) is 38.1 Å². The second-order valence-corrected chi connectivity index (χ2v) is 7.62. The highest BCUT2D eigenvalue weighted by atomic mass is 35.5. The third kappa shape index (κ3) is 2.97. The van der Waals surface area contributed by atoms with Crippen LogP contribution in [0.4, 0.5) is 0 Å². The van der Waals surface area contributed by atoms with Crippen LogP contribution in [0.15, 0.2) is 24.3 Å². The Morgan fingerprint density at radius 1 is 0.944 bits per heavy atom. The Balaban J connectivity index is 2.16. The van der Waals surface area contributed by atoms with Crippen LogP contribution in [-0.4, -0.2) is 5.78 Å². The van der Waals surface area contributed by atoms with Gasteiger partial charge in [0.15, 0.2) is 0 Å². The molecule has 2 unspecified atom stereocenters. The molecule has 5 heteroatoms. The second kappa shape index (κ2) is 5.74. The Morgan fingerprint density at radius 2 is 1.33 bits per heavy atom. The molecule has 0 saturated heterocycles. The Morgan fingerprint density at radius 3 is 1.61 bits per heavy atom. The lowest BCUT2D eigenvalue weighted by atomic mass is 9.93. The molecule has 2 aromatic rings. The molecule has 96 valence electrons. The predicted molar refractivity (Wildman–Crippen MR) is 80.5 cm³/mol. The van der Waals surface area contributed by atoms with Gasteiger partial charge in [-0.05, 0) is 24.3 Å². The molecular formula is C13H12Cl2OS2. The first kappa shape index (κ1) is 14.1. The van der Waals surface area contributed by atoms with E-state index in [-0.39, 0.29) is 17.6 Å². The Bertz CT molecular complexity index is 511. The van der Waals surface area contributed by atoms with Crippen molar-refractivity contribution >= 4 is 51.7 Å². The highest BCUT2D eigenvalue weighted by Gasteiger charge is 2.24. The fourth-order valence-electron chi connectivity index (χ4n) is 1.78. The summed E-state index contributed by atoms with van der Waals surface area (Å²) in [5.41, 5.74) is 0. The van der Waals surface area contributed by atoms with E-state index in [0.717, 1.165) is 18.4 Å². The van der Waals surface area contributed by atoms with Crippen molar-refractivity contribution in [3.8, 4) is 0 Å². The summed E-state index contributed by atoms with van der Waals surface area (Å²) in [4.78, 5) is 14.4. The zero-order chi connectivity index (χ0) is 13.3. The van der Waals surface area contributed by atoms with Crippen LogP contribution in [0.2, 0.25) is 8.67 Å². The van der Waals surface area contributed by atoms with E-state index < -0.39 is 0 Å². The molecule has 0 radical (unpaired) electrons. The minimum Gasteiger partial charge on any atom is -0.298 e. The highest BCUT2D eigenvalue weighted by Crippen LogP contribution is 2.35. The number of thiophene rings is 2. The van der Waals surface area contributed by atoms with Gasteiger partial charge in [0.1, 0.15) is 5.78 Å². The molecule has 0 saturated carbocycles. The molecule has 1 nitrogen and oxygen atoms in total. The first-order chi connectivity index (χ1) is 8.49. The van der Waals surface area contributed by atoms with Gasteiger partial charge in [-0.3, -0.25) is 4.79 Å². The van der Waals surface area contributed by atoms with E-state index in [0.29, 0.717) is 0 Å². The minimum absolute atomic E-state index is 0.127. The Labute approximate surface area is 124 Å². The Kier molecular flexibility index (Phi) is 4.49. The van der Waals surface area contributed by atoms with E-state index in [1.54, 1.807) is 0 Å². The first-order valence-electron chi connectivity index (χ1n) is 5.53. The van der Waals surface area contributed by atoms with Crippen molar-refractivity contribution in [2.45, 2.75) is 25.7 Å². The molecule has 0 aliphatic carbocycles. The first-order valence-corrected chi connectivity index (χ1v) is 7.92. The average Bonchev–Trinajstić information content (AvgIpc) is 2.95. The largest absolute Gasteiger partial charge is 0.298 e. The highest BCUT2D eigenvalue weighted by molar-refractivity contribution is 7.16. The number of rotatable bonds is 4. The summed E-state index contributed by atoms with van der Waals surface area (Å²) in [6, 6.07) is 7.50. The van der Waals surface area contributed by atoms with Gasteiger partial charge in [0.25, 0.3) is 0 Å². The van der Waals surface area contributed by atoms with E-state index in [2.05, 4.69) is 0 Å². The van der Waals surface area contributed by atoms with E-state index in [9.17, 15) is 4.79 Å². The predicted octanol–water partition coefficient (Wildman–Crippen LogP) is 5.59. The number of hydrogen-bond donors (Lipinski definition) is 0. The second-order valence-electron chi connectivity index (χ2n) is 4.13. The SMILES string of the molecule is CC(C(=O)C(C)c1ccc(Cl)s1)c1ccc(Cl)s1. The molecule has 2 atom stereocenters. The van der Waals surface area contributed by atoms with Crippen LogP contribution in [0.25, 0.3) is 0 Å². The standard InChI is InChI=1S/C13H12Cl2OS2/c1-7(9-3-5-11(14)17-9)13(16)8(2)10-4-6-12(15)18-10/h3-8H,1-2H3. The molecule has 0 aromatic carbocycles. The van der Waals surface area contributed by atoms with Gasteiger partial charge in [-0.15, -0.1) is 22.7 Å². The van der Waals surface area contributed by atoms with Crippen LogP contribution >= 0.6 is 45.9 Å². The van der Waals surface area contributed by atoms with Crippen molar-refractivity contribution in [3.05, 3.63) is 42.7 Å². The van der Waals surface area contributed by atoms with Crippen LogP contribution in [-0.2, 0) is 4.79 Å². The number of carbonyl (C=O) groups excluding carboxylic acids is 1. The Hall–Kier alpha value is -0.350. The third-order valence-corrected chi connectivity index (χ3v) is 5.72. The van der Waals surface area contributed by atoms with Gasteiger partial charge in [0.2, 0.25) is 0 Å². The molecule has 0 spiro atoms. The monoisotopic (exact) mass is 318 g/mol. The summed E-state index contributed by atoms with van der Waals surface area (Å²) in [7, 11) is 0. The molecule has 2 rings (SSSR count). The van der Waals surface area contributed by atoms with E-state index in [4.69, 9.17) is 23.2 Å². The molecule has 0 amide bonds. The summed E-state index contributed by atoms with van der Waals surface area (Å²) in [5.74, 6) is -0.0521. The number of carbonyl (C=O) groups is 1. The fraction of sp³-hybridized carbons (Fsp3) is 0.308. The van der Waals surface area contributed by atoms with Crippen LogP contribution in [0.5, 0.6) is 0 Å². The van der Waals surface area contributed by atoms with Crippen molar-refractivity contribution in [2.75, 3.05) is 0 Å². The lowest BCUT2D eigenvalue weighted by Gasteiger charge is -2.13. The molecule has 0 aliphatic rings. The van der Waals surface area contributed by atoms with E-state index >= 15 is 0 Å². The minimum atomic E-state index is -0.127. The van der Waals surface area contributed by atoms with E-state index in [1.165, 1.54) is 22.7 Å². The molecular weight excluding hydrogens is 307 g/mol. The van der Waals surface area contributed by atoms with Crippen LogP contribution in [0, 0.1) is 0 Å². The quantitative estimate of drug-likeness (QED) is 0.717. The molecule has 2 aromatic heterocycles. The summed E-state index contributed by atoms with van der Waals surface area (Å²) in [5, 5.41) is 0. The van der Waals surface area contributed by atoms with Gasteiger partial charge in [0.05, 0.1) is 8.67 Å². The van der Waals surface area contributed by atoms with Crippen molar-refractivity contribution < 1.29 is 4.79 Å². The molecule has 0 N–H and O–H groups in total. The molecule has 0 fully saturated rings. The van der Waals surface area contributed by atoms with Crippen molar-refractivity contribution in [2.24, 2.45) is 0 Å². The van der Waals surface area contributed by atoms with Crippen molar-refractivity contribution in [1.29, 1.82) is 0 Å². The average molecular weight is 319 g/mol. The van der Waals surface area contributed by atoms with Crippen molar-refractivity contribution in [1.82, 2.24) is 0 Å². The zero-order valence-corrected chi connectivity index (χ0v) is 13.1. The summed E-state index contributed by atoms with van der Waals surface area (Å²) in [6.45, 7) is 3.85. The number of hydrogen-bond acceptors (Lipinski definition) is 3. The van der Waals surface area contributed by atoms with Crippen LogP contribution in [0.3, 0.4) is 0 Å². The topological polar surface area (TPSA) is 17.1 Å². The summed E-state index contributed by atoms with van der Waals surface area (Å²) < 4.78 is 1.44. The maximum absolute atomic E-state index is 12.4. The molecule has 0 aliphatic heterocycles. The lowest BCUT2D eigenvalue weighted by molar-refractivity contribution is -0.121. The number of ketones is 1. The number of Topliss-reactive ketones (excluding diaryl/α,β-unsaturated/α-hetero) is 1. The lowest BCUT2D eigenvalue weighted by Crippen LogP contribution is -2.14. The third-order valence-electron chi connectivity index (χ3n) is 2.90. The van der Waals surface area contributed by atoms with Gasteiger partial charge in [0, 0.05) is 21.6 Å².